The second-order valence-corrected chi connectivity index (χ2v) is 5.72. The molecule has 2 aromatic carbocycles. The maximum absolute atomic E-state index is 12.2. The number of hydrogen-bond donors (Lipinski definition) is 0. The molecule has 0 N–H and O–H groups in total. The van der Waals surface area contributed by atoms with Crippen LogP contribution < -0.4 is 9.47 Å². The van der Waals surface area contributed by atoms with Gasteiger partial charge in [0.1, 0.15) is 11.5 Å². The summed E-state index contributed by atoms with van der Waals surface area (Å²) in [5, 5.41) is 0. The first kappa shape index (κ1) is 17.7. The highest BCUT2D eigenvalue weighted by Gasteiger charge is 2.25. The summed E-state index contributed by atoms with van der Waals surface area (Å²) in [5.74, 6) is 1.21. The van der Waals surface area contributed by atoms with Crippen LogP contribution >= 0.6 is 0 Å². The first-order chi connectivity index (χ1) is 12.6. The fourth-order valence-electron chi connectivity index (χ4n) is 2.66. The van der Waals surface area contributed by atoms with Crippen molar-refractivity contribution in [2.45, 2.75) is 20.8 Å². The Morgan fingerprint density at radius 1 is 1.08 bits per heavy atom. The molecule has 2 aromatic rings. The van der Waals surface area contributed by atoms with Gasteiger partial charge in [-0.15, -0.1) is 0 Å². The maximum atomic E-state index is 12.2. The van der Waals surface area contributed by atoms with Crippen LogP contribution in [-0.4, -0.2) is 25.1 Å². The van der Waals surface area contributed by atoms with Crippen molar-refractivity contribution in [3.63, 3.8) is 0 Å². The molecule has 1 aliphatic rings. The van der Waals surface area contributed by atoms with E-state index in [-0.39, 0.29) is 5.70 Å². The summed E-state index contributed by atoms with van der Waals surface area (Å²) >= 11 is 0. The van der Waals surface area contributed by atoms with Crippen molar-refractivity contribution in [2.24, 2.45) is 4.99 Å². The van der Waals surface area contributed by atoms with Crippen LogP contribution in [0.2, 0.25) is 0 Å². The molecule has 0 atom stereocenters. The molecule has 0 aromatic heterocycles. The molecule has 0 saturated carbocycles. The molecule has 0 unspecified atom stereocenters. The summed E-state index contributed by atoms with van der Waals surface area (Å²) in [5.41, 5.74) is 2.79. The van der Waals surface area contributed by atoms with Gasteiger partial charge < -0.3 is 14.2 Å². The molecule has 0 amide bonds. The molecule has 1 heterocycles. The van der Waals surface area contributed by atoms with Gasteiger partial charge in [-0.3, -0.25) is 0 Å². The zero-order valence-corrected chi connectivity index (χ0v) is 15.1. The first-order valence-electron chi connectivity index (χ1n) is 8.60. The van der Waals surface area contributed by atoms with E-state index in [1.807, 2.05) is 63.2 Å². The van der Waals surface area contributed by atoms with Crippen molar-refractivity contribution < 1.29 is 19.0 Å². The second-order valence-electron chi connectivity index (χ2n) is 5.72. The largest absolute Gasteiger partial charge is 0.494 e. The van der Waals surface area contributed by atoms with Crippen molar-refractivity contribution in [2.75, 3.05) is 13.2 Å². The SMILES string of the molecule is CCOc1ccc(C=C2N=C(c3ccccc3C)OC2=O)c(OCC)c1. The standard InChI is InChI=1S/C21H21NO4/c1-4-24-16-11-10-15(19(13-16)25-5-2)12-18-21(23)26-20(22-18)17-9-7-6-8-14(17)3/h6-13H,4-5H2,1-3H3. The fourth-order valence-corrected chi connectivity index (χ4v) is 2.66. The van der Waals surface area contributed by atoms with Gasteiger partial charge in [-0.25, -0.2) is 9.79 Å². The van der Waals surface area contributed by atoms with Crippen LogP contribution in [0.4, 0.5) is 0 Å². The van der Waals surface area contributed by atoms with Gasteiger partial charge in [0.15, 0.2) is 5.70 Å². The molecule has 0 fully saturated rings. The predicted molar refractivity (Wildman–Crippen MR) is 101 cm³/mol. The van der Waals surface area contributed by atoms with Gasteiger partial charge in [-0.2, -0.15) is 0 Å². The average molecular weight is 351 g/mol. The van der Waals surface area contributed by atoms with E-state index in [4.69, 9.17) is 14.2 Å². The van der Waals surface area contributed by atoms with Crippen LogP contribution in [0, 0.1) is 6.92 Å². The topological polar surface area (TPSA) is 57.1 Å². The minimum absolute atomic E-state index is 0.244. The Bertz CT molecular complexity index is 883. The molecule has 5 heteroatoms. The average Bonchev–Trinajstić information content (AvgIpc) is 2.98. The smallest absolute Gasteiger partial charge is 0.363 e. The predicted octanol–water partition coefficient (Wildman–Crippen LogP) is 4.14. The van der Waals surface area contributed by atoms with Gasteiger partial charge in [0.05, 0.1) is 13.2 Å². The van der Waals surface area contributed by atoms with Gasteiger partial charge in [0.25, 0.3) is 0 Å². The van der Waals surface area contributed by atoms with E-state index in [1.165, 1.54) is 0 Å². The van der Waals surface area contributed by atoms with E-state index in [2.05, 4.69) is 4.99 Å². The number of carbonyl (C=O) groups excluding carboxylic acids is 1. The number of rotatable bonds is 6. The molecular weight excluding hydrogens is 330 g/mol. The lowest BCUT2D eigenvalue weighted by molar-refractivity contribution is -0.129. The Balaban J connectivity index is 1.96. The molecule has 134 valence electrons. The van der Waals surface area contributed by atoms with Gasteiger partial charge in [0.2, 0.25) is 5.90 Å². The highest BCUT2D eigenvalue weighted by molar-refractivity contribution is 6.13. The zero-order chi connectivity index (χ0) is 18.5. The van der Waals surface area contributed by atoms with Crippen molar-refractivity contribution >= 4 is 17.9 Å². The highest BCUT2D eigenvalue weighted by Crippen LogP contribution is 2.29. The molecule has 26 heavy (non-hydrogen) atoms. The van der Waals surface area contributed by atoms with Crippen molar-refractivity contribution in [1.82, 2.24) is 0 Å². The van der Waals surface area contributed by atoms with Crippen molar-refractivity contribution in [1.29, 1.82) is 0 Å². The van der Waals surface area contributed by atoms with Crippen molar-refractivity contribution in [3.8, 4) is 11.5 Å². The van der Waals surface area contributed by atoms with Crippen LogP contribution in [0.25, 0.3) is 6.08 Å². The number of benzene rings is 2. The zero-order valence-electron chi connectivity index (χ0n) is 15.1. The third-order valence-electron chi connectivity index (χ3n) is 3.88. The Morgan fingerprint density at radius 2 is 1.85 bits per heavy atom. The fraction of sp³-hybridized carbons (Fsp3) is 0.238. The van der Waals surface area contributed by atoms with Crippen LogP contribution in [0.15, 0.2) is 53.2 Å². The summed E-state index contributed by atoms with van der Waals surface area (Å²) in [7, 11) is 0. The molecule has 3 rings (SSSR count). The summed E-state index contributed by atoms with van der Waals surface area (Å²) in [6, 6.07) is 13.1. The molecular formula is C21H21NO4. The third kappa shape index (κ3) is 3.77. The minimum Gasteiger partial charge on any atom is -0.494 e. The number of cyclic esters (lactones) is 1. The second kappa shape index (κ2) is 7.87. The lowest BCUT2D eigenvalue weighted by atomic mass is 10.1. The highest BCUT2D eigenvalue weighted by atomic mass is 16.6. The number of nitrogens with zero attached hydrogens (tertiary/aromatic N) is 1. The Hall–Kier alpha value is -3.08. The number of hydrogen-bond acceptors (Lipinski definition) is 5. The molecule has 0 saturated heterocycles. The van der Waals surface area contributed by atoms with E-state index in [0.29, 0.717) is 24.9 Å². The van der Waals surface area contributed by atoms with Gasteiger partial charge in [0, 0.05) is 17.2 Å². The quantitative estimate of drug-likeness (QED) is 0.580. The van der Waals surface area contributed by atoms with Crippen LogP contribution in [0.1, 0.15) is 30.5 Å². The van der Waals surface area contributed by atoms with E-state index >= 15 is 0 Å². The lowest BCUT2D eigenvalue weighted by Gasteiger charge is -2.10. The van der Waals surface area contributed by atoms with Gasteiger partial charge >= 0.3 is 5.97 Å². The molecule has 0 spiro atoms. The number of aryl methyl sites for hydroxylation is 1. The Labute approximate surface area is 152 Å². The normalized spacial score (nSPS) is 15.0. The lowest BCUT2D eigenvalue weighted by Crippen LogP contribution is -2.06. The summed E-state index contributed by atoms with van der Waals surface area (Å²) < 4.78 is 16.5. The number of carbonyl (C=O) groups is 1. The summed E-state index contributed by atoms with van der Waals surface area (Å²) in [6.07, 6.45) is 1.67. The summed E-state index contributed by atoms with van der Waals surface area (Å²) in [6.45, 7) is 6.86. The van der Waals surface area contributed by atoms with Crippen molar-refractivity contribution in [3.05, 3.63) is 64.9 Å². The van der Waals surface area contributed by atoms with Crippen LogP contribution in [0.3, 0.4) is 0 Å². The van der Waals surface area contributed by atoms with E-state index in [0.717, 1.165) is 22.4 Å². The minimum atomic E-state index is -0.473. The Morgan fingerprint density at radius 3 is 2.58 bits per heavy atom. The maximum Gasteiger partial charge on any atom is 0.363 e. The van der Waals surface area contributed by atoms with Crippen LogP contribution in [0.5, 0.6) is 11.5 Å². The molecule has 0 aliphatic carbocycles. The molecule has 1 aliphatic heterocycles. The first-order valence-corrected chi connectivity index (χ1v) is 8.60. The molecule has 0 bridgehead atoms. The number of aliphatic imine (C=N–C) groups is 1. The Kier molecular flexibility index (Phi) is 5.37. The van der Waals surface area contributed by atoms with Crippen LogP contribution in [-0.2, 0) is 9.53 Å². The third-order valence-corrected chi connectivity index (χ3v) is 3.88. The number of esters is 1. The number of ether oxygens (including phenoxy) is 3. The van der Waals surface area contributed by atoms with E-state index in [9.17, 15) is 4.79 Å². The monoisotopic (exact) mass is 351 g/mol. The van der Waals surface area contributed by atoms with Gasteiger partial charge in [-0.1, -0.05) is 18.2 Å². The molecule has 5 nitrogen and oxygen atoms in total. The van der Waals surface area contributed by atoms with Gasteiger partial charge in [-0.05, 0) is 50.6 Å². The molecule has 0 radical (unpaired) electrons. The van der Waals surface area contributed by atoms with E-state index in [1.54, 1.807) is 6.08 Å². The summed E-state index contributed by atoms with van der Waals surface area (Å²) in [4.78, 5) is 16.6. The van der Waals surface area contributed by atoms with E-state index < -0.39 is 5.97 Å².